The minimum absolute atomic E-state index is 0.219. The van der Waals surface area contributed by atoms with Gasteiger partial charge in [0.25, 0.3) is 5.91 Å². The van der Waals surface area contributed by atoms with Crippen LogP contribution in [0.25, 0.3) is 5.52 Å². The maximum atomic E-state index is 13.2. The third-order valence-corrected chi connectivity index (χ3v) is 4.35. The summed E-state index contributed by atoms with van der Waals surface area (Å²) in [7, 11) is 0. The van der Waals surface area contributed by atoms with E-state index in [1.165, 1.54) is 18.3 Å². The third kappa shape index (κ3) is 2.43. The van der Waals surface area contributed by atoms with Crippen LogP contribution in [0.15, 0.2) is 49.1 Å². The molecule has 24 heavy (non-hydrogen) atoms. The first-order valence-corrected chi connectivity index (χ1v) is 7.65. The van der Waals surface area contributed by atoms with Gasteiger partial charge >= 0.3 is 0 Å². The summed E-state index contributed by atoms with van der Waals surface area (Å²) < 4.78 is 14.7. The van der Waals surface area contributed by atoms with Crippen molar-refractivity contribution in [1.29, 1.82) is 0 Å². The first-order valence-electron chi connectivity index (χ1n) is 7.65. The monoisotopic (exact) mass is 326 g/mol. The molecule has 122 valence electrons. The van der Waals surface area contributed by atoms with Crippen molar-refractivity contribution in [3.8, 4) is 0 Å². The number of halogens is 1. The highest BCUT2D eigenvalue weighted by molar-refractivity contribution is 6.00. The number of hydrogen-bond donors (Lipinski definition) is 1. The number of likely N-dealkylation sites (tertiary alicyclic amines) is 1. The second-order valence-electron chi connectivity index (χ2n) is 5.88. The van der Waals surface area contributed by atoms with Gasteiger partial charge in [-0.3, -0.25) is 9.78 Å². The van der Waals surface area contributed by atoms with Gasteiger partial charge < -0.3 is 10.0 Å². The summed E-state index contributed by atoms with van der Waals surface area (Å²) in [4.78, 5) is 18.6. The molecule has 1 aliphatic rings. The molecule has 1 aromatic carbocycles. The lowest BCUT2D eigenvalue weighted by Gasteiger charge is -2.24. The van der Waals surface area contributed by atoms with Crippen LogP contribution in [0.5, 0.6) is 0 Å². The molecule has 1 saturated heterocycles. The topological polar surface area (TPSA) is 70.7 Å². The quantitative estimate of drug-likeness (QED) is 0.780. The standard InChI is InChI=1S/C17H15FN4O2/c18-12-3-1-11(2-4-12)15-7-13(23)10-21(15)17(24)14-8-20-22-6-5-19-9-16(14)22/h1-6,8-9,13,15,23H,7,10H2/t13-,15-/m1/s1. The maximum Gasteiger partial charge on any atom is 0.258 e. The van der Waals surface area contributed by atoms with E-state index >= 15 is 0 Å². The largest absolute Gasteiger partial charge is 0.391 e. The number of rotatable bonds is 2. The number of benzene rings is 1. The molecule has 4 rings (SSSR count). The fourth-order valence-corrected chi connectivity index (χ4v) is 3.19. The molecular weight excluding hydrogens is 311 g/mol. The van der Waals surface area contributed by atoms with Gasteiger partial charge in [0.15, 0.2) is 0 Å². The first-order chi connectivity index (χ1) is 11.6. The van der Waals surface area contributed by atoms with Crippen molar-refractivity contribution in [2.45, 2.75) is 18.6 Å². The average molecular weight is 326 g/mol. The van der Waals surface area contributed by atoms with E-state index in [2.05, 4.69) is 10.1 Å². The SMILES string of the molecule is O=C(c1cnn2ccncc12)N1C[C@H](O)C[C@@H]1c1ccc(F)cc1. The maximum absolute atomic E-state index is 13.2. The van der Waals surface area contributed by atoms with E-state index < -0.39 is 6.10 Å². The van der Waals surface area contributed by atoms with Crippen molar-refractivity contribution < 1.29 is 14.3 Å². The Morgan fingerprint density at radius 3 is 2.83 bits per heavy atom. The molecule has 0 radical (unpaired) electrons. The highest BCUT2D eigenvalue weighted by atomic mass is 19.1. The number of nitrogens with zero attached hydrogens (tertiary/aromatic N) is 4. The smallest absolute Gasteiger partial charge is 0.258 e. The normalized spacial score (nSPS) is 20.7. The second-order valence-corrected chi connectivity index (χ2v) is 5.88. The highest BCUT2D eigenvalue weighted by Crippen LogP contribution is 2.34. The van der Waals surface area contributed by atoms with Crippen molar-refractivity contribution in [1.82, 2.24) is 19.5 Å². The van der Waals surface area contributed by atoms with E-state index in [0.29, 0.717) is 17.5 Å². The molecule has 1 fully saturated rings. The molecule has 7 heteroatoms. The minimum Gasteiger partial charge on any atom is -0.391 e. The van der Waals surface area contributed by atoms with Gasteiger partial charge in [0.1, 0.15) is 5.82 Å². The summed E-state index contributed by atoms with van der Waals surface area (Å²) in [5, 5.41) is 14.2. The molecule has 3 aromatic rings. The number of aromatic nitrogens is 3. The Hall–Kier alpha value is -2.80. The number of fused-ring (bicyclic) bond motifs is 1. The van der Waals surface area contributed by atoms with E-state index in [4.69, 9.17) is 0 Å². The summed E-state index contributed by atoms with van der Waals surface area (Å²) in [5.41, 5.74) is 1.85. The third-order valence-electron chi connectivity index (χ3n) is 4.35. The zero-order chi connectivity index (χ0) is 16.7. The lowest BCUT2D eigenvalue weighted by atomic mass is 10.0. The van der Waals surface area contributed by atoms with Crippen LogP contribution < -0.4 is 0 Å². The molecule has 0 bridgehead atoms. The van der Waals surface area contributed by atoms with E-state index in [1.54, 1.807) is 40.1 Å². The molecule has 2 atom stereocenters. The van der Waals surface area contributed by atoms with Gasteiger partial charge in [-0.05, 0) is 24.1 Å². The summed E-state index contributed by atoms with van der Waals surface area (Å²) in [6.45, 7) is 0.235. The summed E-state index contributed by atoms with van der Waals surface area (Å²) in [6, 6.07) is 5.73. The number of β-amino-alcohol motifs (C(OH)–C–C–N with tert-alkyl or cyclic N) is 1. The molecule has 6 nitrogen and oxygen atoms in total. The number of aliphatic hydroxyl groups excluding tert-OH is 1. The van der Waals surface area contributed by atoms with Gasteiger partial charge in [0.05, 0.1) is 35.6 Å². The summed E-state index contributed by atoms with van der Waals surface area (Å²) >= 11 is 0. The van der Waals surface area contributed by atoms with Gasteiger partial charge in [-0.2, -0.15) is 5.10 Å². The molecule has 3 heterocycles. The van der Waals surface area contributed by atoms with Crippen LogP contribution in [-0.4, -0.2) is 43.2 Å². The Labute approximate surface area is 137 Å². The van der Waals surface area contributed by atoms with Crippen LogP contribution in [0.3, 0.4) is 0 Å². The molecule has 0 unspecified atom stereocenters. The molecule has 1 N–H and O–H groups in total. The average Bonchev–Trinajstić information content (AvgIpc) is 3.19. The van der Waals surface area contributed by atoms with Crippen molar-refractivity contribution in [2.75, 3.05) is 6.54 Å². The zero-order valence-corrected chi connectivity index (χ0v) is 12.7. The van der Waals surface area contributed by atoms with Crippen LogP contribution in [0.4, 0.5) is 4.39 Å². The molecule has 1 aliphatic heterocycles. The van der Waals surface area contributed by atoms with Crippen LogP contribution in [-0.2, 0) is 0 Å². The number of amides is 1. The Morgan fingerprint density at radius 1 is 1.25 bits per heavy atom. The van der Waals surface area contributed by atoms with Gasteiger partial charge in [0, 0.05) is 18.9 Å². The van der Waals surface area contributed by atoms with Crippen LogP contribution in [0.2, 0.25) is 0 Å². The van der Waals surface area contributed by atoms with Crippen molar-refractivity contribution in [3.05, 3.63) is 66.0 Å². The van der Waals surface area contributed by atoms with Gasteiger partial charge in [-0.15, -0.1) is 0 Å². The number of carbonyl (C=O) groups excluding carboxylic acids is 1. The Balaban J connectivity index is 1.70. The lowest BCUT2D eigenvalue weighted by molar-refractivity contribution is 0.0717. The number of hydrogen-bond acceptors (Lipinski definition) is 4. The van der Waals surface area contributed by atoms with Crippen LogP contribution in [0.1, 0.15) is 28.4 Å². The Kier molecular flexibility index (Phi) is 3.50. The van der Waals surface area contributed by atoms with Crippen molar-refractivity contribution in [2.24, 2.45) is 0 Å². The predicted octanol–water partition coefficient (Wildman–Crippen LogP) is 1.82. The first kappa shape index (κ1) is 14.8. The Morgan fingerprint density at radius 2 is 2.04 bits per heavy atom. The van der Waals surface area contributed by atoms with Crippen molar-refractivity contribution in [3.63, 3.8) is 0 Å². The zero-order valence-electron chi connectivity index (χ0n) is 12.7. The lowest BCUT2D eigenvalue weighted by Crippen LogP contribution is -2.31. The second kappa shape index (κ2) is 5.68. The predicted molar refractivity (Wildman–Crippen MR) is 83.8 cm³/mol. The van der Waals surface area contributed by atoms with Gasteiger partial charge in [-0.25, -0.2) is 8.91 Å². The molecular formula is C17H15FN4O2. The van der Waals surface area contributed by atoms with Gasteiger partial charge in [0.2, 0.25) is 0 Å². The molecule has 0 aliphatic carbocycles. The molecule has 2 aromatic heterocycles. The minimum atomic E-state index is -0.607. The Bertz CT molecular complexity index is 893. The summed E-state index contributed by atoms with van der Waals surface area (Å²) in [6.07, 6.45) is 6.17. The van der Waals surface area contributed by atoms with E-state index in [-0.39, 0.29) is 24.3 Å². The van der Waals surface area contributed by atoms with Crippen molar-refractivity contribution >= 4 is 11.4 Å². The van der Waals surface area contributed by atoms with E-state index in [0.717, 1.165) is 5.56 Å². The fraction of sp³-hybridized carbons (Fsp3) is 0.235. The van der Waals surface area contributed by atoms with E-state index in [1.807, 2.05) is 0 Å². The molecule has 1 amide bonds. The number of aliphatic hydroxyl groups is 1. The number of carbonyl (C=O) groups is 1. The van der Waals surface area contributed by atoms with Gasteiger partial charge in [-0.1, -0.05) is 12.1 Å². The van der Waals surface area contributed by atoms with E-state index in [9.17, 15) is 14.3 Å². The van der Waals surface area contributed by atoms with Crippen LogP contribution >= 0.6 is 0 Å². The highest BCUT2D eigenvalue weighted by Gasteiger charge is 2.36. The fourth-order valence-electron chi connectivity index (χ4n) is 3.19. The molecule has 0 spiro atoms. The van der Waals surface area contributed by atoms with Crippen LogP contribution in [0, 0.1) is 5.82 Å². The summed E-state index contributed by atoms with van der Waals surface area (Å²) in [5.74, 6) is -0.548. The molecule has 0 saturated carbocycles.